The minimum atomic E-state index is -3.22. The largest absolute Gasteiger partial charge is 0.354 e. The van der Waals surface area contributed by atoms with Gasteiger partial charge in [0, 0.05) is 23.5 Å². The highest BCUT2D eigenvalue weighted by molar-refractivity contribution is 7.89. The Balaban J connectivity index is 1.56. The van der Waals surface area contributed by atoms with Crippen LogP contribution in [0.4, 0.5) is 0 Å². The molecule has 0 atom stereocenters. The number of carbonyl (C=O) groups excluding carboxylic acids is 1. The average Bonchev–Trinajstić information content (AvgIpc) is 3.19. The molecule has 0 spiro atoms. The predicted octanol–water partition coefficient (Wildman–Crippen LogP) is 1.52. The molecule has 0 aromatic heterocycles. The first-order valence-electron chi connectivity index (χ1n) is 7.42. The number of benzene rings is 1. The molecule has 1 aliphatic heterocycles. The molecule has 2 fully saturated rings. The molecule has 1 aromatic rings. The third-order valence-corrected chi connectivity index (χ3v) is 6.61. The lowest BCUT2D eigenvalue weighted by molar-refractivity contribution is -0.121. The van der Waals surface area contributed by atoms with Gasteiger partial charge in [-0.25, -0.2) is 8.42 Å². The van der Waals surface area contributed by atoms with Crippen molar-refractivity contribution in [2.45, 2.75) is 24.7 Å². The summed E-state index contributed by atoms with van der Waals surface area (Å²) >= 11 is 5.90. The second-order valence-corrected chi connectivity index (χ2v) is 8.59. The molecule has 3 rings (SSSR count). The van der Waals surface area contributed by atoms with Gasteiger partial charge in [-0.1, -0.05) is 23.7 Å². The van der Waals surface area contributed by atoms with Crippen LogP contribution in [0.25, 0.3) is 0 Å². The first-order valence-corrected chi connectivity index (χ1v) is 9.41. The molecular formula is C15H19ClN2O3S. The molecule has 1 amide bonds. The van der Waals surface area contributed by atoms with Crippen molar-refractivity contribution < 1.29 is 13.2 Å². The maximum Gasteiger partial charge on any atom is 0.235 e. The Bertz CT molecular complexity index is 669. The standard InChI is InChI=1S/C15H19ClN2O3S/c16-13-4-2-12(3-5-13)15(6-7-15)11-17-14(19)10-18-8-1-9-22(18,20)21/h2-5H,1,6-11H2,(H,17,19). The molecule has 22 heavy (non-hydrogen) atoms. The van der Waals surface area contributed by atoms with Gasteiger partial charge < -0.3 is 5.32 Å². The molecule has 1 N–H and O–H groups in total. The summed E-state index contributed by atoms with van der Waals surface area (Å²) in [6.07, 6.45) is 2.65. The Morgan fingerprint density at radius 1 is 1.27 bits per heavy atom. The van der Waals surface area contributed by atoms with E-state index in [-0.39, 0.29) is 23.6 Å². The van der Waals surface area contributed by atoms with Crippen molar-refractivity contribution in [2.24, 2.45) is 0 Å². The van der Waals surface area contributed by atoms with Gasteiger partial charge in [-0.05, 0) is 37.0 Å². The Hall–Kier alpha value is -1.11. The zero-order valence-corrected chi connectivity index (χ0v) is 13.8. The minimum absolute atomic E-state index is 0.00979. The first-order chi connectivity index (χ1) is 10.4. The normalized spacial score (nSPS) is 22.4. The van der Waals surface area contributed by atoms with E-state index in [9.17, 15) is 13.2 Å². The van der Waals surface area contributed by atoms with Gasteiger partial charge in [-0.3, -0.25) is 4.79 Å². The summed E-state index contributed by atoms with van der Waals surface area (Å²) in [6, 6.07) is 7.70. The van der Waals surface area contributed by atoms with Crippen molar-refractivity contribution >= 4 is 27.5 Å². The Morgan fingerprint density at radius 3 is 2.50 bits per heavy atom. The number of hydrogen-bond acceptors (Lipinski definition) is 3. The van der Waals surface area contributed by atoms with Crippen LogP contribution in [0.5, 0.6) is 0 Å². The van der Waals surface area contributed by atoms with Crippen LogP contribution in [0.1, 0.15) is 24.8 Å². The second-order valence-electron chi connectivity index (χ2n) is 6.07. The van der Waals surface area contributed by atoms with E-state index in [0.29, 0.717) is 24.5 Å². The monoisotopic (exact) mass is 342 g/mol. The highest BCUT2D eigenvalue weighted by Gasteiger charge is 2.44. The smallest absolute Gasteiger partial charge is 0.235 e. The molecule has 5 nitrogen and oxygen atoms in total. The third kappa shape index (κ3) is 3.29. The fourth-order valence-electron chi connectivity index (χ4n) is 2.87. The third-order valence-electron chi connectivity index (χ3n) is 4.46. The van der Waals surface area contributed by atoms with Crippen molar-refractivity contribution in [1.29, 1.82) is 0 Å². The van der Waals surface area contributed by atoms with Crippen molar-refractivity contribution in [2.75, 3.05) is 25.4 Å². The number of sulfonamides is 1. The van der Waals surface area contributed by atoms with Crippen LogP contribution < -0.4 is 5.32 Å². The fraction of sp³-hybridized carbons (Fsp3) is 0.533. The zero-order valence-electron chi connectivity index (χ0n) is 12.2. The molecule has 2 aliphatic rings. The lowest BCUT2D eigenvalue weighted by Gasteiger charge is -2.18. The molecule has 1 saturated heterocycles. The van der Waals surface area contributed by atoms with Gasteiger partial charge in [-0.2, -0.15) is 4.31 Å². The Kier molecular flexibility index (Phi) is 4.18. The van der Waals surface area contributed by atoms with Crippen LogP contribution >= 0.6 is 11.6 Å². The van der Waals surface area contributed by atoms with E-state index in [2.05, 4.69) is 5.32 Å². The van der Waals surface area contributed by atoms with Crippen molar-refractivity contribution in [1.82, 2.24) is 9.62 Å². The molecule has 1 aromatic carbocycles. The molecule has 0 bridgehead atoms. The summed E-state index contributed by atoms with van der Waals surface area (Å²) in [6.45, 7) is 0.915. The molecule has 7 heteroatoms. The number of rotatable bonds is 5. The van der Waals surface area contributed by atoms with E-state index >= 15 is 0 Å². The molecular weight excluding hydrogens is 324 g/mol. The van der Waals surface area contributed by atoms with Crippen molar-refractivity contribution in [3.05, 3.63) is 34.9 Å². The van der Waals surface area contributed by atoms with E-state index in [4.69, 9.17) is 11.6 Å². The van der Waals surface area contributed by atoms with Gasteiger partial charge in [0.2, 0.25) is 15.9 Å². The molecule has 1 saturated carbocycles. The van der Waals surface area contributed by atoms with Crippen LogP contribution in [0.2, 0.25) is 5.02 Å². The highest BCUT2D eigenvalue weighted by atomic mass is 35.5. The minimum Gasteiger partial charge on any atom is -0.354 e. The summed E-state index contributed by atoms with van der Waals surface area (Å²) in [5.41, 5.74) is 1.16. The van der Waals surface area contributed by atoms with E-state index in [1.165, 1.54) is 9.87 Å². The predicted molar refractivity (Wildman–Crippen MR) is 85.4 cm³/mol. The van der Waals surface area contributed by atoms with Crippen molar-refractivity contribution in [3.8, 4) is 0 Å². The van der Waals surface area contributed by atoms with Crippen LogP contribution in [0.3, 0.4) is 0 Å². The van der Waals surface area contributed by atoms with E-state index in [0.717, 1.165) is 12.8 Å². The summed E-state index contributed by atoms with van der Waals surface area (Å²) in [7, 11) is -3.22. The van der Waals surface area contributed by atoms with Crippen LogP contribution in [-0.4, -0.2) is 44.0 Å². The molecule has 1 heterocycles. The Morgan fingerprint density at radius 2 is 1.95 bits per heavy atom. The van der Waals surface area contributed by atoms with Crippen LogP contribution in [0, 0.1) is 0 Å². The first kappa shape index (κ1) is 15.8. The number of carbonyl (C=O) groups is 1. The number of nitrogens with zero attached hydrogens (tertiary/aromatic N) is 1. The average molecular weight is 343 g/mol. The number of halogens is 1. The van der Waals surface area contributed by atoms with E-state index in [1.54, 1.807) is 0 Å². The lowest BCUT2D eigenvalue weighted by Crippen LogP contribution is -2.40. The highest BCUT2D eigenvalue weighted by Crippen LogP contribution is 2.47. The zero-order chi connectivity index (χ0) is 15.8. The Labute approximate surface area is 135 Å². The SMILES string of the molecule is O=C(CN1CCCS1(=O)=O)NCC1(c2ccc(Cl)cc2)CC1. The van der Waals surface area contributed by atoms with Gasteiger partial charge >= 0.3 is 0 Å². The van der Waals surface area contributed by atoms with Gasteiger partial charge in [-0.15, -0.1) is 0 Å². The maximum atomic E-state index is 12.0. The van der Waals surface area contributed by atoms with E-state index in [1.807, 2.05) is 24.3 Å². The topological polar surface area (TPSA) is 66.5 Å². The molecule has 0 radical (unpaired) electrons. The van der Waals surface area contributed by atoms with Gasteiger partial charge in [0.1, 0.15) is 0 Å². The van der Waals surface area contributed by atoms with Gasteiger partial charge in [0.15, 0.2) is 0 Å². The van der Waals surface area contributed by atoms with Crippen molar-refractivity contribution in [3.63, 3.8) is 0 Å². The van der Waals surface area contributed by atoms with E-state index < -0.39 is 10.0 Å². The summed E-state index contributed by atoms with van der Waals surface area (Å²) in [5, 5.41) is 3.58. The molecule has 120 valence electrons. The molecule has 1 aliphatic carbocycles. The quantitative estimate of drug-likeness (QED) is 0.882. The summed E-state index contributed by atoms with van der Waals surface area (Å²) in [4.78, 5) is 12.0. The maximum absolute atomic E-state index is 12.0. The summed E-state index contributed by atoms with van der Waals surface area (Å²) in [5.74, 6) is -0.0830. The molecule has 0 unspecified atom stereocenters. The van der Waals surface area contributed by atoms with Gasteiger partial charge in [0.05, 0.1) is 12.3 Å². The fourth-order valence-corrected chi connectivity index (χ4v) is 4.47. The number of nitrogens with one attached hydrogen (secondary N) is 1. The number of hydrogen-bond donors (Lipinski definition) is 1. The number of amides is 1. The lowest BCUT2D eigenvalue weighted by atomic mass is 9.96. The summed E-state index contributed by atoms with van der Waals surface area (Å²) < 4.78 is 24.7. The van der Waals surface area contributed by atoms with Crippen LogP contribution in [-0.2, 0) is 20.2 Å². The van der Waals surface area contributed by atoms with Crippen LogP contribution in [0.15, 0.2) is 24.3 Å². The second kappa shape index (κ2) is 5.83. The van der Waals surface area contributed by atoms with Gasteiger partial charge in [0.25, 0.3) is 0 Å².